The summed E-state index contributed by atoms with van der Waals surface area (Å²) in [5.41, 5.74) is 0. The van der Waals surface area contributed by atoms with E-state index in [1.54, 1.807) is 0 Å². The van der Waals surface area contributed by atoms with Gasteiger partial charge >= 0.3 is 23.9 Å². The van der Waals surface area contributed by atoms with Gasteiger partial charge in [0.1, 0.15) is 38.6 Å². The molecule has 17 nitrogen and oxygen atoms in total. The summed E-state index contributed by atoms with van der Waals surface area (Å²) in [6.07, 6.45) is 3.33. The highest BCUT2D eigenvalue weighted by atomic mass is 16.6. The number of hydrogen-bond acceptors (Lipinski definition) is 17. The van der Waals surface area contributed by atoms with Crippen molar-refractivity contribution < 1.29 is 80.8 Å². The number of carbonyl (C=O) groups is 4. The predicted molar refractivity (Wildman–Crippen MR) is 180 cm³/mol. The molecule has 2 atom stereocenters. The van der Waals surface area contributed by atoms with Crippen LogP contribution in [0.3, 0.4) is 0 Å². The molecule has 0 fully saturated rings. The van der Waals surface area contributed by atoms with Crippen LogP contribution < -0.4 is 0 Å². The van der Waals surface area contributed by atoms with Crippen molar-refractivity contribution in [2.75, 3.05) is 132 Å². The lowest BCUT2D eigenvalue weighted by Crippen LogP contribution is -2.32. The molecule has 0 bridgehead atoms. The van der Waals surface area contributed by atoms with E-state index in [0.717, 1.165) is 24.3 Å². The number of esters is 4. The molecule has 0 aliphatic heterocycles. The smallest absolute Gasteiger partial charge is 0.330 e. The minimum absolute atomic E-state index is 0.0852. The van der Waals surface area contributed by atoms with E-state index < -0.39 is 36.1 Å². The number of ether oxygens (including phenoxy) is 13. The van der Waals surface area contributed by atoms with Crippen molar-refractivity contribution in [2.24, 2.45) is 0 Å². The van der Waals surface area contributed by atoms with Gasteiger partial charge < -0.3 is 61.6 Å². The van der Waals surface area contributed by atoms with E-state index in [1.807, 2.05) is 0 Å². The Morgan fingerprint density at radius 3 is 0.863 bits per heavy atom. The molecule has 0 N–H and O–H groups in total. The topological polar surface area (TPSA) is 188 Å². The number of rotatable bonds is 38. The van der Waals surface area contributed by atoms with Crippen molar-refractivity contribution in [1.29, 1.82) is 0 Å². The van der Waals surface area contributed by atoms with Crippen LogP contribution in [0.25, 0.3) is 0 Å². The zero-order chi connectivity index (χ0) is 37.6. The van der Waals surface area contributed by atoms with E-state index in [0.29, 0.717) is 0 Å². The van der Waals surface area contributed by atoms with Crippen LogP contribution in [0.4, 0.5) is 0 Å². The van der Waals surface area contributed by atoms with E-state index in [-0.39, 0.29) is 132 Å². The first-order valence-corrected chi connectivity index (χ1v) is 16.3. The van der Waals surface area contributed by atoms with Crippen LogP contribution in [0.15, 0.2) is 50.6 Å². The van der Waals surface area contributed by atoms with Crippen LogP contribution >= 0.6 is 0 Å². The lowest BCUT2D eigenvalue weighted by atomic mass is 10.3. The molecule has 0 amide bonds. The standard InChI is InChI=1S/C34H54O17/c1-5-31(35)48-21-15-39-9-11-43-25-29(46-19-13-41-17-23-50-33(37)7-3)27-45-28-30(47-20-14-42-18-24-51-34(38)8-4)26-44-12-10-40-16-22-49-32(36)6-2/h5-8,29-30H,1-4,9-28H2. The molecule has 0 aliphatic carbocycles. The lowest BCUT2D eigenvalue weighted by molar-refractivity contribution is -0.141. The average Bonchev–Trinajstić information content (AvgIpc) is 3.14. The monoisotopic (exact) mass is 734 g/mol. The minimum atomic E-state index is -0.533. The van der Waals surface area contributed by atoms with Gasteiger partial charge in [0.25, 0.3) is 0 Å². The van der Waals surface area contributed by atoms with E-state index in [9.17, 15) is 19.2 Å². The van der Waals surface area contributed by atoms with E-state index in [2.05, 4.69) is 26.3 Å². The largest absolute Gasteiger partial charge is 0.460 e. The number of carbonyl (C=O) groups excluding carboxylic acids is 4. The van der Waals surface area contributed by atoms with Gasteiger partial charge in [0.05, 0.1) is 106 Å². The zero-order valence-electron chi connectivity index (χ0n) is 29.4. The van der Waals surface area contributed by atoms with Crippen molar-refractivity contribution in [2.45, 2.75) is 12.2 Å². The zero-order valence-corrected chi connectivity index (χ0v) is 29.4. The fourth-order valence-corrected chi connectivity index (χ4v) is 3.28. The maximum Gasteiger partial charge on any atom is 0.330 e. The Morgan fingerprint density at radius 1 is 0.333 bits per heavy atom. The van der Waals surface area contributed by atoms with Crippen molar-refractivity contribution in [3.8, 4) is 0 Å². The van der Waals surface area contributed by atoms with E-state index in [4.69, 9.17) is 61.6 Å². The van der Waals surface area contributed by atoms with Gasteiger partial charge in [0, 0.05) is 24.3 Å². The summed E-state index contributed by atoms with van der Waals surface area (Å²) in [7, 11) is 0. The first kappa shape index (κ1) is 47.5. The maximum atomic E-state index is 11.1. The van der Waals surface area contributed by atoms with Crippen LogP contribution in [-0.2, 0) is 80.8 Å². The molecule has 292 valence electrons. The van der Waals surface area contributed by atoms with Gasteiger partial charge in [-0.3, -0.25) is 0 Å². The van der Waals surface area contributed by atoms with E-state index in [1.165, 1.54) is 0 Å². The van der Waals surface area contributed by atoms with Crippen LogP contribution in [-0.4, -0.2) is 168 Å². The average molecular weight is 735 g/mol. The SMILES string of the molecule is C=CC(=O)OCCOCCOCC(COCC(COCCOCCOC(=O)C=C)OCCOCCOC(=O)C=C)OCCOCCOC(=O)C=C. The third-order valence-electron chi connectivity index (χ3n) is 5.68. The Kier molecular flexibility index (Phi) is 33.8. The fourth-order valence-electron chi connectivity index (χ4n) is 3.28. The van der Waals surface area contributed by atoms with Crippen LogP contribution in [0, 0.1) is 0 Å². The molecule has 0 heterocycles. The highest BCUT2D eigenvalue weighted by Gasteiger charge is 2.15. The molecule has 51 heavy (non-hydrogen) atoms. The summed E-state index contributed by atoms with van der Waals surface area (Å²) in [5, 5.41) is 0. The molecule has 0 saturated heterocycles. The summed E-state index contributed by atoms with van der Waals surface area (Å²) in [4.78, 5) is 44.4. The van der Waals surface area contributed by atoms with Crippen molar-refractivity contribution in [3.63, 3.8) is 0 Å². The minimum Gasteiger partial charge on any atom is -0.460 e. The summed E-state index contributed by atoms with van der Waals surface area (Å²) >= 11 is 0. The Labute approximate surface area is 299 Å². The van der Waals surface area contributed by atoms with Crippen molar-refractivity contribution in [3.05, 3.63) is 50.6 Å². The normalized spacial score (nSPS) is 11.9. The van der Waals surface area contributed by atoms with Gasteiger partial charge in [0.2, 0.25) is 0 Å². The highest BCUT2D eigenvalue weighted by Crippen LogP contribution is 2.02. The molecular weight excluding hydrogens is 680 g/mol. The van der Waals surface area contributed by atoms with Gasteiger partial charge in [0.15, 0.2) is 0 Å². The molecule has 0 aliphatic rings. The number of hydrogen-bond donors (Lipinski definition) is 0. The van der Waals surface area contributed by atoms with Gasteiger partial charge in [-0.2, -0.15) is 0 Å². The van der Waals surface area contributed by atoms with Crippen molar-refractivity contribution in [1.82, 2.24) is 0 Å². The summed E-state index contributed by atoms with van der Waals surface area (Å²) in [6.45, 7) is 17.1. The molecule has 0 radical (unpaired) electrons. The molecule has 2 unspecified atom stereocenters. The van der Waals surface area contributed by atoms with Crippen molar-refractivity contribution >= 4 is 23.9 Å². The first-order chi connectivity index (χ1) is 24.9. The summed E-state index contributed by atoms with van der Waals surface area (Å²) < 4.78 is 70.1. The molecule has 0 rings (SSSR count). The lowest BCUT2D eigenvalue weighted by Gasteiger charge is -2.22. The van der Waals surface area contributed by atoms with E-state index >= 15 is 0 Å². The Bertz CT molecular complexity index is 883. The van der Waals surface area contributed by atoms with Gasteiger partial charge in [-0.15, -0.1) is 0 Å². The van der Waals surface area contributed by atoms with Gasteiger partial charge in [-0.1, -0.05) is 26.3 Å². The van der Waals surface area contributed by atoms with Gasteiger partial charge in [-0.05, 0) is 0 Å². The van der Waals surface area contributed by atoms with Crippen LogP contribution in [0.2, 0.25) is 0 Å². The fraction of sp³-hybridized carbons (Fsp3) is 0.647. The second kappa shape index (κ2) is 36.3. The molecule has 0 saturated carbocycles. The highest BCUT2D eigenvalue weighted by molar-refractivity contribution is 5.82. The summed E-state index contributed by atoms with van der Waals surface area (Å²) in [6, 6.07) is 0. The summed E-state index contributed by atoms with van der Waals surface area (Å²) in [5.74, 6) is -2.12. The molecule has 0 aromatic carbocycles. The Morgan fingerprint density at radius 2 is 0.569 bits per heavy atom. The third kappa shape index (κ3) is 33.4. The van der Waals surface area contributed by atoms with Crippen LogP contribution in [0.5, 0.6) is 0 Å². The molecule has 0 aromatic rings. The first-order valence-electron chi connectivity index (χ1n) is 16.3. The van der Waals surface area contributed by atoms with Gasteiger partial charge in [-0.25, -0.2) is 19.2 Å². The molecule has 0 spiro atoms. The molecule has 0 aromatic heterocycles. The second-order valence-corrected chi connectivity index (χ2v) is 9.61. The predicted octanol–water partition coefficient (Wildman–Crippen LogP) is 0.790. The molecular formula is C34H54O17. The second-order valence-electron chi connectivity index (χ2n) is 9.61. The molecule has 17 heteroatoms. The van der Waals surface area contributed by atoms with Crippen LogP contribution in [0.1, 0.15) is 0 Å². The quantitative estimate of drug-likeness (QED) is 0.0374. The maximum absolute atomic E-state index is 11.1. The Balaban J connectivity index is 4.76. The Hall–Kier alpha value is -3.52. The third-order valence-corrected chi connectivity index (χ3v) is 5.68.